The summed E-state index contributed by atoms with van der Waals surface area (Å²) in [4.78, 5) is 25.2. The number of nitrogens with zero attached hydrogens (tertiary/aromatic N) is 1. The zero-order valence-corrected chi connectivity index (χ0v) is 15.2. The number of rotatable bonds is 6. The van der Waals surface area contributed by atoms with Gasteiger partial charge in [0.25, 0.3) is 0 Å². The van der Waals surface area contributed by atoms with Gasteiger partial charge in [-0.3, -0.25) is 14.5 Å². The molecule has 5 nitrogen and oxygen atoms in total. The molecule has 0 aliphatic carbocycles. The van der Waals surface area contributed by atoms with E-state index in [2.05, 4.69) is 17.2 Å². The lowest BCUT2D eigenvalue weighted by atomic mass is 9.89. The molecule has 2 unspecified atom stereocenters. The Kier molecular flexibility index (Phi) is 7.17. The Morgan fingerprint density at radius 3 is 2.96 bits per heavy atom. The molecule has 1 aliphatic rings. The van der Waals surface area contributed by atoms with E-state index in [-0.39, 0.29) is 23.8 Å². The summed E-state index contributed by atoms with van der Waals surface area (Å²) in [5.74, 6) is 5.60. The van der Waals surface area contributed by atoms with Crippen molar-refractivity contribution in [2.75, 3.05) is 27.2 Å². The lowest BCUT2D eigenvalue weighted by Crippen LogP contribution is -2.41. The molecule has 1 aliphatic heterocycles. The summed E-state index contributed by atoms with van der Waals surface area (Å²) in [5, 5.41) is 3.09. The molecule has 0 saturated carbocycles. The van der Waals surface area contributed by atoms with Crippen molar-refractivity contribution in [3.8, 4) is 11.8 Å². The Balaban J connectivity index is 1.97. The van der Waals surface area contributed by atoms with E-state index in [1.165, 1.54) is 4.90 Å². The number of likely N-dealkylation sites (tertiary alicyclic amines) is 1. The highest BCUT2D eigenvalue weighted by Crippen LogP contribution is 2.28. The molecule has 1 N–H and O–H groups in total. The number of likely N-dealkylation sites (N-methyl/N-ethyl adjacent to an activating group) is 1. The zero-order chi connectivity index (χ0) is 18.2. The van der Waals surface area contributed by atoms with Crippen LogP contribution in [0.3, 0.4) is 0 Å². The maximum atomic E-state index is 12.3. The highest BCUT2D eigenvalue weighted by Gasteiger charge is 2.32. The standard InChI is InChI=1S/C20H26N2O3/c1-15(11-12-21-2)25-13-5-7-16-6-4-8-17(14-16)18-9-10-19(23)22(3)20(18)24/h4,6,8,14-15,18,21H,9-13H2,1-3H3. The van der Waals surface area contributed by atoms with Gasteiger partial charge >= 0.3 is 0 Å². The number of benzene rings is 1. The Labute approximate surface area is 149 Å². The van der Waals surface area contributed by atoms with Crippen LogP contribution in [0.25, 0.3) is 0 Å². The van der Waals surface area contributed by atoms with Crippen LogP contribution in [0.15, 0.2) is 24.3 Å². The van der Waals surface area contributed by atoms with E-state index in [1.54, 1.807) is 7.05 Å². The van der Waals surface area contributed by atoms with Crippen molar-refractivity contribution in [3.05, 3.63) is 35.4 Å². The molecule has 2 atom stereocenters. The molecule has 25 heavy (non-hydrogen) atoms. The van der Waals surface area contributed by atoms with Gasteiger partial charge in [-0.05, 0) is 51.1 Å². The molecule has 2 amide bonds. The first-order valence-corrected chi connectivity index (χ1v) is 8.68. The molecule has 0 bridgehead atoms. The Bertz CT molecular complexity index is 675. The second kappa shape index (κ2) is 9.36. The summed E-state index contributed by atoms with van der Waals surface area (Å²) in [6.07, 6.45) is 2.08. The first kappa shape index (κ1) is 19.2. The number of carbonyl (C=O) groups excluding carboxylic acids is 2. The van der Waals surface area contributed by atoms with Crippen molar-refractivity contribution < 1.29 is 14.3 Å². The number of hydrogen-bond acceptors (Lipinski definition) is 4. The monoisotopic (exact) mass is 342 g/mol. The molecule has 0 spiro atoms. The van der Waals surface area contributed by atoms with Crippen LogP contribution < -0.4 is 5.32 Å². The van der Waals surface area contributed by atoms with Crippen molar-refractivity contribution >= 4 is 11.8 Å². The minimum absolute atomic E-state index is 0.110. The molecule has 1 aromatic carbocycles. The number of carbonyl (C=O) groups is 2. The third kappa shape index (κ3) is 5.42. The fraction of sp³-hybridized carbons (Fsp3) is 0.500. The predicted molar refractivity (Wildman–Crippen MR) is 97.0 cm³/mol. The predicted octanol–water partition coefficient (Wildman–Crippen LogP) is 1.92. The van der Waals surface area contributed by atoms with Crippen molar-refractivity contribution in [1.29, 1.82) is 0 Å². The normalized spacial score (nSPS) is 18.7. The van der Waals surface area contributed by atoms with Gasteiger partial charge in [-0.15, -0.1) is 0 Å². The van der Waals surface area contributed by atoms with Crippen LogP contribution in [-0.2, 0) is 14.3 Å². The van der Waals surface area contributed by atoms with E-state index in [4.69, 9.17) is 4.74 Å². The summed E-state index contributed by atoms with van der Waals surface area (Å²) in [7, 11) is 3.47. The zero-order valence-electron chi connectivity index (χ0n) is 15.2. The average Bonchev–Trinajstić information content (AvgIpc) is 2.62. The molecular formula is C20H26N2O3. The van der Waals surface area contributed by atoms with E-state index >= 15 is 0 Å². The van der Waals surface area contributed by atoms with Gasteiger partial charge in [0.05, 0.1) is 12.0 Å². The molecule has 1 fully saturated rings. The summed E-state index contributed by atoms with van der Waals surface area (Å²) in [6, 6.07) is 7.68. The molecular weight excluding hydrogens is 316 g/mol. The van der Waals surface area contributed by atoms with Gasteiger partial charge in [-0.1, -0.05) is 24.0 Å². The van der Waals surface area contributed by atoms with Gasteiger partial charge in [0.15, 0.2) is 0 Å². The molecule has 0 radical (unpaired) electrons. The first-order valence-electron chi connectivity index (χ1n) is 8.68. The summed E-state index contributed by atoms with van der Waals surface area (Å²) in [6.45, 7) is 3.34. The Morgan fingerprint density at radius 2 is 2.20 bits per heavy atom. The van der Waals surface area contributed by atoms with Gasteiger partial charge < -0.3 is 10.1 Å². The summed E-state index contributed by atoms with van der Waals surface area (Å²) < 4.78 is 5.64. The fourth-order valence-electron chi connectivity index (χ4n) is 2.81. The number of ether oxygens (including phenoxy) is 1. The average molecular weight is 342 g/mol. The quantitative estimate of drug-likeness (QED) is 0.634. The van der Waals surface area contributed by atoms with Crippen LogP contribution in [-0.4, -0.2) is 50.1 Å². The third-order valence-corrected chi connectivity index (χ3v) is 4.41. The van der Waals surface area contributed by atoms with Crippen LogP contribution in [0.1, 0.15) is 43.2 Å². The van der Waals surface area contributed by atoms with Gasteiger partial charge in [0.1, 0.15) is 6.61 Å². The molecule has 2 rings (SSSR count). The number of piperidine rings is 1. The number of imide groups is 1. The van der Waals surface area contributed by atoms with Crippen molar-refractivity contribution in [2.45, 2.75) is 38.2 Å². The molecule has 1 aromatic rings. The number of nitrogens with one attached hydrogen (secondary N) is 1. The second-order valence-corrected chi connectivity index (χ2v) is 6.32. The van der Waals surface area contributed by atoms with Crippen LogP contribution in [0.4, 0.5) is 0 Å². The van der Waals surface area contributed by atoms with E-state index < -0.39 is 0 Å². The summed E-state index contributed by atoms with van der Waals surface area (Å²) >= 11 is 0. The molecule has 134 valence electrons. The Morgan fingerprint density at radius 1 is 1.40 bits per heavy atom. The van der Waals surface area contributed by atoms with Crippen LogP contribution in [0.2, 0.25) is 0 Å². The molecule has 1 saturated heterocycles. The number of hydrogen-bond donors (Lipinski definition) is 1. The molecule has 0 aromatic heterocycles. The fourth-order valence-corrected chi connectivity index (χ4v) is 2.81. The molecule has 5 heteroatoms. The topological polar surface area (TPSA) is 58.6 Å². The van der Waals surface area contributed by atoms with Gasteiger partial charge in [0, 0.05) is 19.0 Å². The van der Waals surface area contributed by atoms with Crippen molar-refractivity contribution in [3.63, 3.8) is 0 Å². The summed E-state index contributed by atoms with van der Waals surface area (Å²) in [5.41, 5.74) is 1.77. The maximum absolute atomic E-state index is 12.3. The van der Waals surface area contributed by atoms with Crippen LogP contribution >= 0.6 is 0 Å². The highest BCUT2D eigenvalue weighted by atomic mass is 16.5. The van der Waals surface area contributed by atoms with E-state index in [1.807, 2.05) is 38.2 Å². The second-order valence-electron chi connectivity index (χ2n) is 6.32. The van der Waals surface area contributed by atoms with E-state index in [0.717, 1.165) is 24.1 Å². The highest BCUT2D eigenvalue weighted by molar-refractivity contribution is 6.00. The largest absolute Gasteiger partial charge is 0.366 e. The lowest BCUT2D eigenvalue weighted by molar-refractivity contribution is -0.147. The smallest absolute Gasteiger partial charge is 0.236 e. The van der Waals surface area contributed by atoms with Gasteiger partial charge in [-0.2, -0.15) is 0 Å². The maximum Gasteiger partial charge on any atom is 0.236 e. The lowest BCUT2D eigenvalue weighted by Gasteiger charge is -2.27. The number of amides is 2. The van der Waals surface area contributed by atoms with Gasteiger partial charge in [-0.25, -0.2) is 0 Å². The van der Waals surface area contributed by atoms with Crippen LogP contribution in [0.5, 0.6) is 0 Å². The minimum Gasteiger partial charge on any atom is -0.366 e. The third-order valence-electron chi connectivity index (χ3n) is 4.41. The first-order chi connectivity index (χ1) is 12.0. The van der Waals surface area contributed by atoms with Gasteiger partial charge in [0.2, 0.25) is 11.8 Å². The van der Waals surface area contributed by atoms with Crippen molar-refractivity contribution in [2.24, 2.45) is 0 Å². The van der Waals surface area contributed by atoms with Crippen LogP contribution in [0, 0.1) is 11.8 Å². The minimum atomic E-state index is -0.262. The molecule has 1 heterocycles. The van der Waals surface area contributed by atoms with E-state index in [9.17, 15) is 9.59 Å². The van der Waals surface area contributed by atoms with Crippen molar-refractivity contribution in [1.82, 2.24) is 10.2 Å². The SMILES string of the molecule is CNCCC(C)OCC#Cc1cccc(C2CCC(=O)N(C)C2=O)c1. The van der Waals surface area contributed by atoms with E-state index in [0.29, 0.717) is 19.4 Å². The Hall–Kier alpha value is -2.16.